The normalized spacial score (nSPS) is 23.3. The van der Waals surface area contributed by atoms with Crippen molar-refractivity contribution >= 4 is 17.3 Å². The fourth-order valence-corrected chi connectivity index (χ4v) is 5.52. The Labute approximate surface area is 222 Å². The van der Waals surface area contributed by atoms with Crippen molar-refractivity contribution in [3.8, 4) is 28.3 Å². The van der Waals surface area contributed by atoms with Gasteiger partial charge in [0.25, 0.3) is 0 Å². The summed E-state index contributed by atoms with van der Waals surface area (Å²) in [5.41, 5.74) is 7.11. The molecule has 1 aliphatic heterocycles. The Morgan fingerprint density at radius 1 is 0.947 bits per heavy atom. The van der Waals surface area contributed by atoms with Crippen LogP contribution >= 0.6 is 0 Å². The number of rotatable bonds is 4. The molecule has 1 N–H and O–H groups in total. The molecule has 7 rings (SSSR count). The Morgan fingerprint density at radius 2 is 1.79 bits per heavy atom. The molecule has 0 saturated heterocycles. The number of fused-ring (bicyclic) bond motifs is 2. The first kappa shape index (κ1) is 22.8. The maximum absolute atomic E-state index is 6.29. The van der Waals surface area contributed by atoms with Crippen molar-refractivity contribution in [1.82, 2.24) is 9.97 Å². The highest BCUT2D eigenvalue weighted by atomic mass is 16.5. The molecule has 0 radical (unpaired) electrons. The summed E-state index contributed by atoms with van der Waals surface area (Å²) in [6.45, 7) is 4.44. The molecule has 5 nitrogen and oxygen atoms in total. The third-order valence-electron chi connectivity index (χ3n) is 7.69. The highest BCUT2D eigenvalue weighted by molar-refractivity contribution is 5.79. The summed E-state index contributed by atoms with van der Waals surface area (Å²) in [7, 11) is 0. The minimum absolute atomic E-state index is 0.128. The minimum Gasteiger partial charge on any atom is -0.468 e. The van der Waals surface area contributed by atoms with Crippen molar-refractivity contribution in [3.63, 3.8) is 0 Å². The Hall–Kier alpha value is -4.38. The van der Waals surface area contributed by atoms with Gasteiger partial charge in [0.15, 0.2) is 6.23 Å². The number of aromatic nitrogens is 2. The van der Waals surface area contributed by atoms with E-state index in [0.717, 1.165) is 63.6 Å². The van der Waals surface area contributed by atoms with Gasteiger partial charge in [0.1, 0.15) is 17.2 Å². The lowest BCUT2D eigenvalue weighted by Gasteiger charge is -2.34. The number of anilines is 1. The zero-order valence-corrected chi connectivity index (χ0v) is 21.5. The molecule has 3 atom stereocenters. The smallest absolute Gasteiger partial charge is 0.226 e. The SMILES string of the molecule is CC1C=Cc2nc(-c3cccc(-c4cncc(C5=CC(C)(C6Nc7ccccc7O6)CC=C5)c4)c3)oc2C1. The van der Waals surface area contributed by atoms with Gasteiger partial charge in [0.05, 0.1) is 5.69 Å². The molecular formula is C33H29N3O2. The summed E-state index contributed by atoms with van der Waals surface area (Å²) >= 11 is 0. The minimum atomic E-state index is -0.199. The van der Waals surface area contributed by atoms with Crippen molar-refractivity contribution in [2.75, 3.05) is 5.32 Å². The van der Waals surface area contributed by atoms with E-state index in [1.54, 1.807) is 0 Å². The molecule has 0 spiro atoms. The van der Waals surface area contributed by atoms with E-state index in [1.807, 2.05) is 30.6 Å². The number of ether oxygens (including phenoxy) is 1. The number of nitrogens with one attached hydrogen (secondary N) is 1. The predicted molar refractivity (Wildman–Crippen MR) is 151 cm³/mol. The molecule has 5 heteroatoms. The molecule has 0 saturated carbocycles. The number of para-hydroxylation sites is 2. The number of nitrogens with zero attached hydrogens (tertiary/aromatic N) is 2. The fraction of sp³-hybridized carbons (Fsp3) is 0.212. The molecule has 0 amide bonds. The topological polar surface area (TPSA) is 60.2 Å². The monoisotopic (exact) mass is 499 g/mol. The molecule has 2 aromatic carbocycles. The summed E-state index contributed by atoms with van der Waals surface area (Å²) in [6.07, 6.45) is 16.5. The molecule has 2 aromatic heterocycles. The molecule has 0 bridgehead atoms. The second-order valence-corrected chi connectivity index (χ2v) is 10.8. The van der Waals surface area contributed by atoms with Gasteiger partial charge >= 0.3 is 0 Å². The average molecular weight is 500 g/mol. The van der Waals surface area contributed by atoms with Crippen molar-refractivity contribution in [1.29, 1.82) is 0 Å². The molecule has 0 fully saturated rings. The van der Waals surface area contributed by atoms with Gasteiger partial charge in [0, 0.05) is 40.9 Å². The van der Waals surface area contributed by atoms with Crippen LogP contribution in [0, 0.1) is 11.3 Å². The maximum atomic E-state index is 6.29. The molecule has 3 heterocycles. The molecule has 3 unspecified atom stereocenters. The Kier molecular flexibility index (Phi) is 5.32. The maximum Gasteiger partial charge on any atom is 0.226 e. The first-order valence-corrected chi connectivity index (χ1v) is 13.2. The number of allylic oxidation sites excluding steroid dienone is 4. The first-order chi connectivity index (χ1) is 18.5. The van der Waals surface area contributed by atoms with Gasteiger partial charge in [0.2, 0.25) is 5.89 Å². The van der Waals surface area contributed by atoms with Crippen LogP contribution in [0.15, 0.2) is 95.7 Å². The standard InChI is InChI=1S/C33H29N3O2/c1-21-12-13-28-30(15-21)37-31(35-28)23-8-5-7-22(16-23)25-17-26(20-34-19-25)24-9-6-14-33(2,18-24)32-36-27-10-3-4-11-29(27)38-32/h3-13,16-21,32,36H,14-15H2,1-2H3. The number of benzene rings is 2. The van der Waals surface area contributed by atoms with Crippen LogP contribution in [-0.2, 0) is 6.42 Å². The Bertz CT molecular complexity index is 1600. The van der Waals surface area contributed by atoms with Crippen molar-refractivity contribution in [2.45, 2.75) is 32.9 Å². The summed E-state index contributed by atoms with van der Waals surface area (Å²) in [5.74, 6) is 3.01. The highest BCUT2D eigenvalue weighted by Crippen LogP contribution is 2.43. The molecule has 38 heavy (non-hydrogen) atoms. The molecule has 4 aromatic rings. The van der Waals surface area contributed by atoms with Crippen molar-refractivity contribution in [3.05, 3.63) is 108 Å². The van der Waals surface area contributed by atoms with Gasteiger partial charge in [-0.15, -0.1) is 0 Å². The van der Waals surface area contributed by atoms with E-state index >= 15 is 0 Å². The molecule has 3 aliphatic rings. The molecule has 2 aliphatic carbocycles. The van der Waals surface area contributed by atoms with E-state index in [9.17, 15) is 0 Å². The summed E-state index contributed by atoms with van der Waals surface area (Å²) in [4.78, 5) is 9.35. The van der Waals surface area contributed by atoms with Gasteiger partial charge < -0.3 is 14.5 Å². The fourth-order valence-electron chi connectivity index (χ4n) is 5.52. The lowest BCUT2D eigenvalue weighted by Crippen LogP contribution is -2.39. The van der Waals surface area contributed by atoms with E-state index in [1.165, 1.54) is 0 Å². The molecular weight excluding hydrogens is 470 g/mol. The summed E-state index contributed by atoms with van der Waals surface area (Å²) in [6, 6.07) is 18.7. The van der Waals surface area contributed by atoms with Crippen molar-refractivity contribution < 1.29 is 9.15 Å². The Morgan fingerprint density at radius 3 is 2.71 bits per heavy atom. The van der Waals surface area contributed by atoms with Gasteiger partial charge in [-0.25, -0.2) is 4.98 Å². The lowest BCUT2D eigenvalue weighted by atomic mass is 9.78. The average Bonchev–Trinajstić information content (AvgIpc) is 3.58. The third-order valence-corrected chi connectivity index (χ3v) is 7.69. The van der Waals surface area contributed by atoms with E-state index in [-0.39, 0.29) is 11.6 Å². The van der Waals surface area contributed by atoms with E-state index < -0.39 is 0 Å². The van der Waals surface area contributed by atoms with Crippen LogP contribution in [0.2, 0.25) is 0 Å². The Balaban J connectivity index is 1.18. The predicted octanol–water partition coefficient (Wildman–Crippen LogP) is 7.79. The van der Waals surface area contributed by atoms with Crippen LogP contribution in [-0.4, -0.2) is 16.2 Å². The second-order valence-electron chi connectivity index (χ2n) is 10.8. The first-order valence-electron chi connectivity index (χ1n) is 13.2. The summed E-state index contributed by atoms with van der Waals surface area (Å²) in [5, 5.41) is 3.56. The summed E-state index contributed by atoms with van der Waals surface area (Å²) < 4.78 is 12.4. The quantitative estimate of drug-likeness (QED) is 0.311. The second kappa shape index (κ2) is 8.88. The number of hydrogen-bond donors (Lipinski definition) is 1. The lowest BCUT2D eigenvalue weighted by molar-refractivity contribution is 0.137. The number of oxazole rings is 1. The van der Waals surface area contributed by atoms with Gasteiger partial charge in [-0.3, -0.25) is 4.98 Å². The molecule has 188 valence electrons. The van der Waals surface area contributed by atoms with Gasteiger partial charge in [-0.1, -0.05) is 62.4 Å². The largest absolute Gasteiger partial charge is 0.468 e. The van der Waals surface area contributed by atoms with Crippen LogP contribution in [0.25, 0.3) is 34.2 Å². The van der Waals surface area contributed by atoms with Crippen molar-refractivity contribution in [2.24, 2.45) is 11.3 Å². The van der Waals surface area contributed by atoms with Gasteiger partial charge in [-0.05, 0) is 59.9 Å². The highest BCUT2D eigenvalue weighted by Gasteiger charge is 2.39. The van der Waals surface area contributed by atoms with Crippen LogP contribution in [0.3, 0.4) is 0 Å². The zero-order chi connectivity index (χ0) is 25.7. The number of hydrogen-bond acceptors (Lipinski definition) is 5. The van der Waals surface area contributed by atoms with Crippen LogP contribution < -0.4 is 10.1 Å². The van der Waals surface area contributed by atoms with Crippen LogP contribution in [0.1, 0.15) is 37.3 Å². The van der Waals surface area contributed by atoms with Gasteiger partial charge in [-0.2, -0.15) is 0 Å². The van der Waals surface area contributed by atoms with E-state index in [0.29, 0.717) is 11.8 Å². The van der Waals surface area contributed by atoms with E-state index in [2.05, 4.69) is 90.9 Å². The van der Waals surface area contributed by atoms with E-state index in [4.69, 9.17) is 14.1 Å². The van der Waals surface area contributed by atoms with Crippen LogP contribution in [0.5, 0.6) is 5.75 Å². The third kappa shape index (κ3) is 4.04. The van der Waals surface area contributed by atoms with Crippen LogP contribution in [0.4, 0.5) is 5.69 Å². The zero-order valence-electron chi connectivity index (χ0n) is 21.5. The number of pyridine rings is 1.